The fraction of sp³-hybridized carbons (Fsp3) is 0. The van der Waals surface area contributed by atoms with Crippen molar-refractivity contribution in [2.75, 3.05) is 0 Å². The molecule has 0 unspecified atom stereocenters. The van der Waals surface area contributed by atoms with Gasteiger partial charge in [0.2, 0.25) is 0 Å². The van der Waals surface area contributed by atoms with Crippen LogP contribution in [0.2, 0.25) is 0 Å². The number of rotatable bonds is 0. The zero-order valence-electron chi connectivity index (χ0n) is 2.84. The number of hydrogen-bond donors (Lipinski definition) is 0. The number of nitrogens with zero attached hydrogens (tertiary/aromatic N) is 1. The summed E-state index contributed by atoms with van der Waals surface area (Å²) < 4.78 is 4.35. The first-order valence-corrected chi connectivity index (χ1v) is 1.25. The minimum absolute atomic E-state index is 0. The van der Waals surface area contributed by atoms with Gasteiger partial charge in [0.15, 0.2) is 0 Å². The van der Waals surface area contributed by atoms with E-state index in [1.165, 1.54) is 12.5 Å². The van der Waals surface area contributed by atoms with Crippen LogP contribution in [0.3, 0.4) is 0 Å². The van der Waals surface area contributed by atoms with Crippen LogP contribution in [0.5, 0.6) is 0 Å². The van der Waals surface area contributed by atoms with Gasteiger partial charge in [-0.05, 0) is 6.26 Å². The molecular formula is C3H2IrNO-. The molecule has 0 bridgehead atoms. The molecule has 0 aliphatic rings. The van der Waals surface area contributed by atoms with Gasteiger partial charge in [0, 0.05) is 20.1 Å². The van der Waals surface area contributed by atoms with Crippen LogP contribution in [-0.2, 0) is 20.1 Å². The molecule has 1 rings (SSSR count). The summed E-state index contributed by atoms with van der Waals surface area (Å²) in [5.41, 5.74) is 0. The quantitative estimate of drug-likeness (QED) is 0.634. The van der Waals surface area contributed by atoms with Crippen molar-refractivity contribution in [3.63, 3.8) is 0 Å². The second kappa shape index (κ2) is 3.07. The Morgan fingerprint density at radius 2 is 2.50 bits per heavy atom. The molecule has 0 fully saturated rings. The largest absolute Gasteiger partial charge is 0.581 e. The third-order valence-electron chi connectivity index (χ3n) is 0.309. The molecule has 0 saturated heterocycles. The summed E-state index contributed by atoms with van der Waals surface area (Å²) in [4.78, 5) is 3.43. The monoisotopic (exact) mass is 261 g/mol. The number of oxazole rings is 1. The molecule has 1 radical (unpaired) electrons. The standard InChI is InChI=1S/C3H2NO.Ir/c1-2-5-3-4-1;/h1-2H;/q-1;. The SMILES string of the molecule is [Ir].[c-]1ncco1. The van der Waals surface area contributed by atoms with Crippen molar-refractivity contribution in [1.82, 2.24) is 4.98 Å². The second-order valence-corrected chi connectivity index (χ2v) is 0.623. The van der Waals surface area contributed by atoms with Crippen molar-refractivity contribution in [3.8, 4) is 0 Å². The van der Waals surface area contributed by atoms with Crippen LogP contribution in [0.4, 0.5) is 0 Å². The molecule has 0 saturated carbocycles. The van der Waals surface area contributed by atoms with Gasteiger partial charge < -0.3 is 9.40 Å². The van der Waals surface area contributed by atoms with Crippen LogP contribution in [0.25, 0.3) is 0 Å². The van der Waals surface area contributed by atoms with Crippen molar-refractivity contribution in [2.24, 2.45) is 0 Å². The van der Waals surface area contributed by atoms with Gasteiger partial charge in [-0.1, -0.05) is 6.20 Å². The van der Waals surface area contributed by atoms with Crippen molar-refractivity contribution < 1.29 is 24.5 Å². The average Bonchev–Trinajstić information content (AvgIpc) is 1.76. The third-order valence-corrected chi connectivity index (χ3v) is 0.309. The molecular weight excluding hydrogens is 258 g/mol. The Bertz CT molecular complexity index is 67.3. The zero-order valence-corrected chi connectivity index (χ0v) is 5.24. The van der Waals surface area contributed by atoms with E-state index in [9.17, 15) is 0 Å². The van der Waals surface area contributed by atoms with Crippen LogP contribution in [-0.4, -0.2) is 4.98 Å². The Labute approximate surface area is 48.9 Å². The summed E-state index contributed by atoms with van der Waals surface area (Å²) in [6, 6.07) is 0. The van der Waals surface area contributed by atoms with Gasteiger partial charge in [-0.25, -0.2) is 0 Å². The second-order valence-electron chi connectivity index (χ2n) is 0.623. The summed E-state index contributed by atoms with van der Waals surface area (Å²) in [5.74, 6) is 0. The molecule has 0 atom stereocenters. The molecule has 0 aliphatic carbocycles. The predicted molar refractivity (Wildman–Crippen MR) is 15.3 cm³/mol. The van der Waals surface area contributed by atoms with Crippen LogP contribution < -0.4 is 0 Å². The zero-order chi connectivity index (χ0) is 3.54. The first-order chi connectivity index (χ1) is 2.50. The summed E-state index contributed by atoms with van der Waals surface area (Å²) in [7, 11) is 0. The van der Waals surface area contributed by atoms with Crippen LogP contribution >= 0.6 is 0 Å². The van der Waals surface area contributed by atoms with E-state index in [0.29, 0.717) is 0 Å². The summed E-state index contributed by atoms with van der Waals surface area (Å²) in [6.07, 6.45) is 5.22. The molecule has 3 heteroatoms. The maximum absolute atomic E-state index is 4.35. The van der Waals surface area contributed by atoms with Crippen LogP contribution in [0.15, 0.2) is 16.9 Å². The first kappa shape index (κ1) is 5.86. The van der Waals surface area contributed by atoms with E-state index in [0.717, 1.165) is 0 Å². The Kier molecular flexibility index (Phi) is 2.99. The maximum Gasteiger partial charge on any atom is 0.101 e. The molecule has 2 nitrogen and oxygen atoms in total. The minimum Gasteiger partial charge on any atom is -0.581 e. The molecule has 1 aromatic heterocycles. The predicted octanol–water partition coefficient (Wildman–Crippen LogP) is 0.472. The molecule has 1 heterocycles. The maximum atomic E-state index is 4.35. The van der Waals surface area contributed by atoms with Gasteiger partial charge >= 0.3 is 0 Å². The molecule has 35 valence electrons. The molecule has 0 spiro atoms. The topological polar surface area (TPSA) is 26.0 Å². The van der Waals surface area contributed by atoms with Crippen molar-refractivity contribution in [1.29, 1.82) is 0 Å². The smallest absolute Gasteiger partial charge is 0.101 e. The molecule has 0 N–H and O–H groups in total. The average molecular weight is 260 g/mol. The fourth-order valence-electron chi connectivity index (χ4n) is 0.152. The van der Waals surface area contributed by atoms with E-state index in [1.54, 1.807) is 0 Å². The molecule has 1 aromatic rings. The Balaban J connectivity index is 0.000000250. The minimum atomic E-state index is 0. The van der Waals surface area contributed by atoms with Gasteiger partial charge in [0.1, 0.15) is 6.39 Å². The molecule has 0 amide bonds. The van der Waals surface area contributed by atoms with Gasteiger partial charge in [0.25, 0.3) is 0 Å². The van der Waals surface area contributed by atoms with Crippen LogP contribution in [0, 0.1) is 6.39 Å². The van der Waals surface area contributed by atoms with E-state index in [2.05, 4.69) is 15.8 Å². The summed E-state index contributed by atoms with van der Waals surface area (Å²) in [5, 5.41) is 0. The fourth-order valence-corrected chi connectivity index (χ4v) is 0.152. The molecule has 0 aromatic carbocycles. The Morgan fingerprint density at radius 1 is 1.67 bits per heavy atom. The number of aromatic nitrogens is 1. The van der Waals surface area contributed by atoms with Crippen molar-refractivity contribution >= 4 is 0 Å². The Morgan fingerprint density at radius 3 is 2.67 bits per heavy atom. The van der Waals surface area contributed by atoms with E-state index >= 15 is 0 Å². The molecule has 6 heavy (non-hydrogen) atoms. The van der Waals surface area contributed by atoms with E-state index in [4.69, 9.17) is 0 Å². The van der Waals surface area contributed by atoms with Gasteiger partial charge in [0.05, 0.1) is 0 Å². The van der Waals surface area contributed by atoms with E-state index in [1.807, 2.05) is 0 Å². The summed E-state index contributed by atoms with van der Waals surface area (Å²) in [6.45, 7) is 0. The van der Waals surface area contributed by atoms with E-state index < -0.39 is 0 Å². The first-order valence-electron chi connectivity index (χ1n) is 1.25. The van der Waals surface area contributed by atoms with Gasteiger partial charge in [-0.3, -0.25) is 0 Å². The van der Waals surface area contributed by atoms with Gasteiger partial charge in [-0.2, -0.15) is 0 Å². The van der Waals surface area contributed by atoms with Crippen molar-refractivity contribution in [2.45, 2.75) is 0 Å². The third kappa shape index (κ3) is 1.34. The number of hydrogen-bond acceptors (Lipinski definition) is 2. The normalized spacial score (nSPS) is 6.67. The van der Waals surface area contributed by atoms with E-state index in [-0.39, 0.29) is 20.1 Å². The summed E-state index contributed by atoms with van der Waals surface area (Å²) >= 11 is 0. The van der Waals surface area contributed by atoms with Crippen LogP contribution in [0.1, 0.15) is 0 Å². The van der Waals surface area contributed by atoms with Crippen molar-refractivity contribution in [3.05, 3.63) is 18.9 Å². The molecule has 0 aliphatic heterocycles. The Hall–Kier alpha value is -0.141. The van der Waals surface area contributed by atoms with Gasteiger partial charge in [-0.15, -0.1) is 0 Å².